The van der Waals surface area contributed by atoms with Gasteiger partial charge < -0.3 is 0 Å². The first-order valence-electron chi connectivity index (χ1n) is 9.98. The Hall–Kier alpha value is -3.16. The Kier molecular flexibility index (Phi) is 4.26. The van der Waals surface area contributed by atoms with Crippen molar-refractivity contribution in [1.82, 2.24) is 19.4 Å². The lowest BCUT2D eigenvalue weighted by Gasteiger charge is -2.37. The van der Waals surface area contributed by atoms with Crippen LogP contribution in [0.4, 0.5) is 5.69 Å². The molecule has 1 aliphatic carbocycles. The number of terminal acetylenes is 1. The van der Waals surface area contributed by atoms with Gasteiger partial charge in [0.25, 0.3) is 5.91 Å². The van der Waals surface area contributed by atoms with E-state index in [1.807, 2.05) is 18.0 Å². The lowest BCUT2D eigenvalue weighted by Crippen LogP contribution is -2.52. The van der Waals surface area contributed by atoms with Crippen LogP contribution in [0.25, 0.3) is 0 Å². The number of hydrogen-bond donors (Lipinski definition) is 1. The van der Waals surface area contributed by atoms with E-state index in [4.69, 9.17) is 6.42 Å². The number of guanidine groups is 1. The van der Waals surface area contributed by atoms with Gasteiger partial charge in [-0.2, -0.15) is 5.10 Å². The zero-order valence-corrected chi connectivity index (χ0v) is 18.1. The number of aliphatic imine (C=N–C) groups is 1. The van der Waals surface area contributed by atoms with Crippen LogP contribution in [0.15, 0.2) is 40.5 Å². The number of rotatable bonds is 5. The Balaban J connectivity index is 1.57. The van der Waals surface area contributed by atoms with E-state index in [1.54, 1.807) is 24.0 Å². The number of carbonyl (C=O) groups excluding carboxylic acids is 1. The molecule has 0 unspecified atom stereocenters. The SMILES string of the molecule is C#C[C@@H]1CN=C2N(Cc3cnn(C)c3)C(=O)c3cc(S(=O)(=O)NC4(C)CC4)ccc3N21. The highest BCUT2D eigenvalue weighted by Crippen LogP contribution is 2.38. The molecular formula is C21H22N6O3S. The highest BCUT2D eigenvalue weighted by molar-refractivity contribution is 7.89. The van der Waals surface area contributed by atoms with Gasteiger partial charge in [-0.15, -0.1) is 6.42 Å². The van der Waals surface area contributed by atoms with Crippen LogP contribution < -0.4 is 9.62 Å². The zero-order chi connectivity index (χ0) is 22.0. The van der Waals surface area contributed by atoms with Crippen molar-refractivity contribution in [2.75, 3.05) is 11.4 Å². The van der Waals surface area contributed by atoms with Crippen molar-refractivity contribution in [2.45, 2.75) is 42.8 Å². The molecule has 1 fully saturated rings. The van der Waals surface area contributed by atoms with E-state index in [0.717, 1.165) is 18.4 Å². The number of hydrogen-bond acceptors (Lipinski definition) is 6. The summed E-state index contributed by atoms with van der Waals surface area (Å²) in [5.74, 6) is 2.88. The summed E-state index contributed by atoms with van der Waals surface area (Å²) in [6, 6.07) is 4.25. The van der Waals surface area contributed by atoms with Crippen molar-refractivity contribution >= 4 is 27.6 Å². The fourth-order valence-electron chi connectivity index (χ4n) is 3.93. The highest BCUT2D eigenvalue weighted by Gasteiger charge is 2.44. The highest BCUT2D eigenvalue weighted by atomic mass is 32.2. The van der Waals surface area contributed by atoms with Crippen LogP contribution in [-0.2, 0) is 23.6 Å². The summed E-state index contributed by atoms with van der Waals surface area (Å²) in [7, 11) is -1.95. The van der Waals surface area contributed by atoms with Gasteiger partial charge in [0.1, 0.15) is 6.04 Å². The third-order valence-corrected chi connectivity index (χ3v) is 7.50. The first-order valence-corrected chi connectivity index (χ1v) is 11.5. The third-order valence-electron chi connectivity index (χ3n) is 5.86. The van der Waals surface area contributed by atoms with E-state index in [2.05, 4.69) is 20.7 Å². The first kappa shape index (κ1) is 19.8. The molecule has 10 heteroatoms. The van der Waals surface area contributed by atoms with E-state index in [0.29, 0.717) is 18.2 Å². The fourth-order valence-corrected chi connectivity index (χ4v) is 5.43. The topological polar surface area (TPSA) is 99.9 Å². The molecule has 0 radical (unpaired) electrons. The van der Waals surface area contributed by atoms with Gasteiger partial charge in [0.15, 0.2) is 0 Å². The van der Waals surface area contributed by atoms with Gasteiger partial charge in [-0.3, -0.25) is 19.3 Å². The molecule has 31 heavy (non-hydrogen) atoms. The molecule has 1 amide bonds. The molecule has 0 spiro atoms. The minimum atomic E-state index is -3.75. The molecule has 0 saturated heterocycles. The number of aryl methyl sites for hydroxylation is 1. The molecule has 3 aliphatic rings. The zero-order valence-electron chi connectivity index (χ0n) is 17.2. The summed E-state index contributed by atoms with van der Waals surface area (Å²) in [4.78, 5) is 21.4. The normalized spacial score (nSPS) is 21.4. The number of carbonyl (C=O) groups is 1. The second-order valence-electron chi connectivity index (χ2n) is 8.45. The van der Waals surface area contributed by atoms with Gasteiger partial charge in [-0.25, -0.2) is 18.1 Å². The van der Waals surface area contributed by atoms with Crippen molar-refractivity contribution in [3.63, 3.8) is 0 Å². The fraction of sp³-hybridized carbons (Fsp3) is 0.381. The Bertz CT molecular complexity index is 1270. The molecule has 5 rings (SSSR count). The number of sulfonamides is 1. The lowest BCUT2D eigenvalue weighted by molar-refractivity contribution is 0.0833. The smallest absolute Gasteiger partial charge is 0.263 e. The largest absolute Gasteiger partial charge is 0.295 e. The van der Waals surface area contributed by atoms with E-state index in [-0.39, 0.29) is 29.0 Å². The van der Waals surface area contributed by atoms with Crippen LogP contribution in [0.3, 0.4) is 0 Å². The number of fused-ring (bicyclic) bond motifs is 3. The second kappa shape index (κ2) is 6.67. The summed E-state index contributed by atoms with van der Waals surface area (Å²) in [5, 5.41) is 4.16. The van der Waals surface area contributed by atoms with Crippen molar-refractivity contribution in [1.29, 1.82) is 0 Å². The summed E-state index contributed by atoms with van der Waals surface area (Å²) in [5.41, 5.74) is 1.28. The standard InChI is InChI=1S/C21H22N6O3S/c1-4-15-11-22-20-26(13-14-10-23-25(3)12-14)19(28)17-9-16(5-6-18(17)27(15)20)31(29,30)24-21(2)7-8-21/h1,5-6,9-10,12,15,24H,7-8,11,13H2,2-3H3/t15-/m1/s1. The molecular weight excluding hydrogens is 416 g/mol. The number of benzene rings is 1. The molecule has 2 aliphatic heterocycles. The summed E-state index contributed by atoms with van der Waals surface area (Å²) < 4.78 is 30.2. The molecule has 160 valence electrons. The average Bonchev–Trinajstić information content (AvgIpc) is 3.12. The Morgan fingerprint density at radius 1 is 1.35 bits per heavy atom. The van der Waals surface area contributed by atoms with Gasteiger partial charge in [-0.1, -0.05) is 5.92 Å². The van der Waals surface area contributed by atoms with E-state index >= 15 is 0 Å². The second-order valence-corrected chi connectivity index (χ2v) is 10.1. The van der Waals surface area contributed by atoms with Crippen molar-refractivity contribution < 1.29 is 13.2 Å². The summed E-state index contributed by atoms with van der Waals surface area (Å²) in [6.45, 7) is 2.49. The molecule has 2 aromatic rings. The predicted octanol–water partition coefficient (Wildman–Crippen LogP) is 1.08. The molecule has 1 aromatic heterocycles. The van der Waals surface area contributed by atoms with E-state index in [1.165, 1.54) is 17.0 Å². The van der Waals surface area contributed by atoms with Crippen LogP contribution in [0.1, 0.15) is 35.7 Å². The number of nitrogens with one attached hydrogen (secondary N) is 1. The third kappa shape index (κ3) is 3.30. The molecule has 1 saturated carbocycles. The number of anilines is 1. The number of nitrogens with zero attached hydrogens (tertiary/aromatic N) is 5. The van der Waals surface area contributed by atoms with Gasteiger partial charge in [0, 0.05) is 24.3 Å². The molecule has 0 bridgehead atoms. The minimum Gasteiger partial charge on any atom is -0.295 e. The Morgan fingerprint density at radius 3 is 2.77 bits per heavy atom. The maximum Gasteiger partial charge on any atom is 0.263 e. The van der Waals surface area contributed by atoms with E-state index < -0.39 is 15.6 Å². The Labute approximate surface area is 180 Å². The first-order chi connectivity index (χ1) is 14.7. The average molecular weight is 439 g/mol. The van der Waals surface area contributed by atoms with E-state index in [9.17, 15) is 13.2 Å². The maximum atomic E-state index is 13.5. The molecule has 1 aromatic carbocycles. The van der Waals surface area contributed by atoms with Crippen LogP contribution in [0, 0.1) is 12.3 Å². The van der Waals surface area contributed by atoms with Crippen molar-refractivity contribution in [3.8, 4) is 12.3 Å². The number of aromatic nitrogens is 2. The molecule has 1 atom stereocenters. The predicted molar refractivity (Wildman–Crippen MR) is 115 cm³/mol. The van der Waals surface area contributed by atoms with Gasteiger partial charge in [-0.05, 0) is 38.0 Å². The van der Waals surface area contributed by atoms with Crippen LogP contribution >= 0.6 is 0 Å². The summed E-state index contributed by atoms with van der Waals surface area (Å²) >= 11 is 0. The van der Waals surface area contributed by atoms with Gasteiger partial charge in [0.05, 0.1) is 35.4 Å². The van der Waals surface area contributed by atoms with Crippen molar-refractivity contribution in [3.05, 3.63) is 41.7 Å². The number of amides is 1. The molecule has 3 heterocycles. The summed E-state index contributed by atoms with van der Waals surface area (Å²) in [6.07, 6.45) is 10.8. The van der Waals surface area contributed by atoms with Crippen LogP contribution in [0.5, 0.6) is 0 Å². The van der Waals surface area contributed by atoms with Crippen molar-refractivity contribution in [2.24, 2.45) is 12.0 Å². The lowest BCUT2D eigenvalue weighted by atomic mass is 10.1. The minimum absolute atomic E-state index is 0.0610. The van der Waals surface area contributed by atoms with Gasteiger partial charge >= 0.3 is 0 Å². The quantitative estimate of drug-likeness (QED) is 0.705. The molecule has 9 nitrogen and oxygen atoms in total. The van der Waals surface area contributed by atoms with Crippen LogP contribution in [0.2, 0.25) is 0 Å². The van der Waals surface area contributed by atoms with Gasteiger partial charge in [0.2, 0.25) is 16.0 Å². The molecule has 1 N–H and O–H groups in total. The monoisotopic (exact) mass is 438 g/mol. The van der Waals surface area contributed by atoms with Crippen LogP contribution in [-0.4, -0.2) is 53.1 Å². The maximum absolute atomic E-state index is 13.5. The Morgan fingerprint density at radius 2 is 2.13 bits per heavy atom.